The van der Waals surface area contributed by atoms with Gasteiger partial charge >= 0.3 is 0 Å². The lowest BCUT2D eigenvalue weighted by Gasteiger charge is -2.41. The molecule has 0 bridgehead atoms. The van der Waals surface area contributed by atoms with Crippen molar-refractivity contribution in [3.05, 3.63) is 0 Å². The average molecular weight is 195 g/mol. The summed E-state index contributed by atoms with van der Waals surface area (Å²) >= 11 is 0. The van der Waals surface area contributed by atoms with Gasteiger partial charge in [0.1, 0.15) is 0 Å². The number of hydrazine groups is 1. The van der Waals surface area contributed by atoms with Gasteiger partial charge in [-0.15, -0.1) is 12.3 Å². The zero-order valence-corrected chi connectivity index (χ0v) is 9.21. The number of nitrogens with one attached hydrogen (secondary N) is 1. The fourth-order valence-corrected chi connectivity index (χ4v) is 2.14. The Bertz CT molecular complexity index is 211. The van der Waals surface area contributed by atoms with Gasteiger partial charge in [0.2, 0.25) is 0 Å². The Labute approximate surface area is 87.0 Å². The first kappa shape index (κ1) is 11.5. The lowest BCUT2D eigenvalue weighted by atomic mass is 9.91. The molecule has 0 aromatic carbocycles. The number of hydrogen-bond acceptors (Lipinski definition) is 3. The third kappa shape index (κ3) is 2.27. The highest BCUT2D eigenvalue weighted by Crippen LogP contribution is 2.25. The van der Waals surface area contributed by atoms with E-state index in [4.69, 9.17) is 12.3 Å². The molecule has 3 nitrogen and oxygen atoms in total. The average Bonchev–Trinajstić information content (AvgIpc) is 2.66. The quantitative estimate of drug-likeness (QED) is 0.394. The molecule has 80 valence electrons. The van der Waals surface area contributed by atoms with Gasteiger partial charge in [-0.2, -0.15) is 0 Å². The van der Waals surface area contributed by atoms with E-state index in [2.05, 4.69) is 30.1 Å². The first-order valence-electron chi connectivity index (χ1n) is 5.27. The Balaban J connectivity index is 2.64. The molecule has 1 fully saturated rings. The van der Waals surface area contributed by atoms with E-state index in [0.29, 0.717) is 6.42 Å². The molecule has 3 N–H and O–H groups in total. The molecule has 14 heavy (non-hydrogen) atoms. The molecule has 0 amide bonds. The molecular formula is C11H21N3. The minimum atomic E-state index is 0.0532. The van der Waals surface area contributed by atoms with Crippen LogP contribution in [0.5, 0.6) is 0 Å². The summed E-state index contributed by atoms with van der Waals surface area (Å²) < 4.78 is 0. The molecule has 3 heteroatoms. The Morgan fingerprint density at radius 1 is 1.50 bits per heavy atom. The highest BCUT2D eigenvalue weighted by atomic mass is 15.3. The van der Waals surface area contributed by atoms with Crippen LogP contribution in [0.3, 0.4) is 0 Å². The van der Waals surface area contributed by atoms with Crippen molar-refractivity contribution in [2.45, 2.75) is 44.7 Å². The molecule has 1 unspecified atom stereocenters. The van der Waals surface area contributed by atoms with Crippen LogP contribution < -0.4 is 11.3 Å². The van der Waals surface area contributed by atoms with Crippen molar-refractivity contribution in [2.75, 3.05) is 13.1 Å². The molecule has 1 saturated heterocycles. The fourth-order valence-electron chi connectivity index (χ4n) is 2.14. The summed E-state index contributed by atoms with van der Waals surface area (Å²) in [5.41, 5.74) is 2.89. The lowest BCUT2D eigenvalue weighted by Crippen LogP contribution is -2.58. The Morgan fingerprint density at radius 2 is 2.07 bits per heavy atom. The second kappa shape index (κ2) is 4.79. The number of hydrogen-bond donors (Lipinski definition) is 2. The van der Waals surface area contributed by atoms with Crippen LogP contribution in [-0.4, -0.2) is 29.6 Å². The maximum atomic E-state index is 5.54. The van der Waals surface area contributed by atoms with E-state index in [1.807, 2.05) is 0 Å². The third-order valence-electron chi connectivity index (χ3n) is 3.30. The second-order valence-electron chi connectivity index (χ2n) is 4.48. The van der Waals surface area contributed by atoms with Crippen LogP contribution in [0, 0.1) is 12.3 Å². The summed E-state index contributed by atoms with van der Waals surface area (Å²) in [6, 6.07) is 0.172. The minimum Gasteiger partial charge on any atom is -0.297 e. The summed E-state index contributed by atoms with van der Waals surface area (Å²) in [5, 5.41) is 0. The van der Waals surface area contributed by atoms with E-state index in [0.717, 1.165) is 13.1 Å². The lowest BCUT2D eigenvalue weighted by molar-refractivity contribution is 0.109. The summed E-state index contributed by atoms with van der Waals surface area (Å²) in [6.07, 6.45) is 8.59. The zero-order valence-electron chi connectivity index (χ0n) is 9.21. The standard InChI is InChI=1S/C11H21N3/c1-4-7-10(13-12)11(2,3)14-8-5-6-9-14/h1,10,13H,5-9,12H2,2-3H3. The molecule has 0 radical (unpaired) electrons. The van der Waals surface area contributed by atoms with Crippen molar-refractivity contribution in [1.82, 2.24) is 10.3 Å². The van der Waals surface area contributed by atoms with Crippen molar-refractivity contribution in [2.24, 2.45) is 5.84 Å². The molecule has 1 aliphatic rings. The van der Waals surface area contributed by atoms with Gasteiger partial charge in [-0.3, -0.25) is 16.2 Å². The van der Waals surface area contributed by atoms with E-state index >= 15 is 0 Å². The molecule has 1 atom stereocenters. The van der Waals surface area contributed by atoms with Crippen LogP contribution in [0.1, 0.15) is 33.1 Å². The van der Waals surface area contributed by atoms with Gasteiger partial charge in [0.05, 0.1) is 0 Å². The van der Waals surface area contributed by atoms with Crippen LogP contribution in [0.15, 0.2) is 0 Å². The SMILES string of the molecule is C#CCC(NN)C(C)(C)N1CCCC1. The van der Waals surface area contributed by atoms with Crippen molar-refractivity contribution in [1.29, 1.82) is 0 Å². The number of rotatable bonds is 4. The highest BCUT2D eigenvalue weighted by molar-refractivity contribution is 5.01. The number of nitrogens with two attached hydrogens (primary N) is 1. The van der Waals surface area contributed by atoms with Crippen molar-refractivity contribution >= 4 is 0 Å². The summed E-state index contributed by atoms with van der Waals surface area (Å²) in [5.74, 6) is 8.22. The Hall–Kier alpha value is -0.560. The minimum absolute atomic E-state index is 0.0532. The predicted molar refractivity (Wildman–Crippen MR) is 59.4 cm³/mol. The first-order valence-corrected chi connectivity index (χ1v) is 5.27. The first-order chi connectivity index (χ1) is 6.62. The summed E-state index contributed by atoms with van der Waals surface area (Å²) in [7, 11) is 0. The summed E-state index contributed by atoms with van der Waals surface area (Å²) in [4.78, 5) is 2.47. The molecule has 0 spiro atoms. The van der Waals surface area contributed by atoms with Gasteiger partial charge in [0.25, 0.3) is 0 Å². The van der Waals surface area contributed by atoms with Crippen LogP contribution in [0.2, 0.25) is 0 Å². The molecule has 0 saturated carbocycles. The van der Waals surface area contributed by atoms with Crippen LogP contribution >= 0.6 is 0 Å². The Morgan fingerprint density at radius 3 is 2.50 bits per heavy atom. The number of terminal acetylenes is 1. The van der Waals surface area contributed by atoms with Crippen molar-refractivity contribution in [3.63, 3.8) is 0 Å². The van der Waals surface area contributed by atoms with Crippen molar-refractivity contribution in [3.8, 4) is 12.3 Å². The molecule has 1 heterocycles. The third-order valence-corrected chi connectivity index (χ3v) is 3.30. The highest BCUT2D eigenvalue weighted by Gasteiger charge is 2.35. The largest absolute Gasteiger partial charge is 0.297 e. The van der Waals surface area contributed by atoms with E-state index in [1.165, 1.54) is 12.8 Å². The predicted octanol–water partition coefficient (Wildman–Crippen LogP) is 0.716. The second-order valence-corrected chi connectivity index (χ2v) is 4.48. The van der Waals surface area contributed by atoms with E-state index in [-0.39, 0.29) is 11.6 Å². The van der Waals surface area contributed by atoms with E-state index in [9.17, 15) is 0 Å². The molecule has 0 aromatic rings. The monoisotopic (exact) mass is 195 g/mol. The van der Waals surface area contributed by atoms with Gasteiger partial charge in [-0.1, -0.05) is 0 Å². The van der Waals surface area contributed by atoms with Crippen molar-refractivity contribution < 1.29 is 0 Å². The van der Waals surface area contributed by atoms with Gasteiger partial charge in [-0.25, -0.2) is 0 Å². The molecule has 1 rings (SSSR count). The van der Waals surface area contributed by atoms with Gasteiger partial charge in [-0.05, 0) is 39.8 Å². The van der Waals surface area contributed by atoms with E-state index < -0.39 is 0 Å². The summed E-state index contributed by atoms with van der Waals surface area (Å²) in [6.45, 7) is 6.74. The van der Waals surface area contributed by atoms with Gasteiger partial charge in [0, 0.05) is 18.0 Å². The molecule has 0 aromatic heterocycles. The maximum Gasteiger partial charge on any atom is 0.0498 e. The van der Waals surface area contributed by atoms with Crippen LogP contribution in [0.4, 0.5) is 0 Å². The van der Waals surface area contributed by atoms with Crippen LogP contribution in [-0.2, 0) is 0 Å². The Kier molecular flexibility index (Phi) is 3.94. The van der Waals surface area contributed by atoms with E-state index in [1.54, 1.807) is 0 Å². The maximum absolute atomic E-state index is 5.54. The van der Waals surface area contributed by atoms with Gasteiger partial charge < -0.3 is 0 Å². The zero-order chi connectivity index (χ0) is 10.6. The molecule has 0 aliphatic carbocycles. The number of likely N-dealkylation sites (tertiary alicyclic amines) is 1. The molecule has 1 aliphatic heterocycles. The fraction of sp³-hybridized carbons (Fsp3) is 0.818. The topological polar surface area (TPSA) is 41.3 Å². The van der Waals surface area contributed by atoms with Gasteiger partial charge in [0.15, 0.2) is 0 Å². The smallest absolute Gasteiger partial charge is 0.0498 e. The normalized spacial score (nSPS) is 20.7. The van der Waals surface area contributed by atoms with Crippen LogP contribution in [0.25, 0.3) is 0 Å². The molecular weight excluding hydrogens is 174 g/mol. The number of nitrogens with zero attached hydrogens (tertiary/aromatic N) is 1.